The van der Waals surface area contributed by atoms with Gasteiger partial charge >= 0.3 is 0 Å². The van der Waals surface area contributed by atoms with Gasteiger partial charge in [0.15, 0.2) is 6.10 Å². The molecule has 0 aliphatic rings. The van der Waals surface area contributed by atoms with E-state index in [1.807, 2.05) is 6.07 Å². The molecular weight excluding hydrogens is 325 g/mol. The van der Waals surface area contributed by atoms with Crippen LogP contribution in [0.3, 0.4) is 0 Å². The summed E-state index contributed by atoms with van der Waals surface area (Å²) < 4.78 is 19.8. The first-order chi connectivity index (χ1) is 9.56. The first-order valence-corrected chi connectivity index (χ1v) is 6.83. The molecule has 1 N–H and O–H groups in total. The Morgan fingerprint density at radius 1 is 1.25 bits per heavy atom. The smallest absolute Gasteiger partial charge is 0.265 e. The number of nitrogens with one attached hydrogen (secondary N) is 1. The third-order valence-corrected chi connectivity index (χ3v) is 3.10. The Labute approximate surface area is 124 Å². The molecule has 2 rings (SSSR count). The predicted molar refractivity (Wildman–Crippen MR) is 79.3 cm³/mol. The Morgan fingerprint density at radius 2 is 2.00 bits per heavy atom. The van der Waals surface area contributed by atoms with Crippen LogP contribution in [0.25, 0.3) is 0 Å². The van der Waals surface area contributed by atoms with Gasteiger partial charge in [0.05, 0.1) is 5.69 Å². The van der Waals surface area contributed by atoms with Crippen molar-refractivity contribution in [2.75, 3.05) is 5.32 Å². The van der Waals surface area contributed by atoms with Crippen LogP contribution in [0, 0.1) is 5.82 Å². The molecule has 0 saturated heterocycles. The number of ether oxygens (including phenoxy) is 1. The summed E-state index contributed by atoms with van der Waals surface area (Å²) in [5.74, 6) is -0.318. The van der Waals surface area contributed by atoms with Gasteiger partial charge in [-0.3, -0.25) is 4.79 Å². The lowest BCUT2D eigenvalue weighted by atomic mass is 10.3. The number of amides is 1. The van der Waals surface area contributed by atoms with E-state index in [4.69, 9.17) is 4.74 Å². The van der Waals surface area contributed by atoms with Gasteiger partial charge in [0.2, 0.25) is 0 Å². The van der Waals surface area contributed by atoms with E-state index in [1.54, 1.807) is 37.3 Å². The van der Waals surface area contributed by atoms with Crippen LogP contribution in [0.5, 0.6) is 5.75 Å². The Hall–Kier alpha value is -1.88. The molecule has 0 aromatic heterocycles. The maximum absolute atomic E-state index is 13.4. The summed E-state index contributed by atoms with van der Waals surface area (Å²) in [5.41, 5.74) is 0.141. The van der Waals surface area contributed by atoms with Crippen molar-refractivity contribution in [3.05, 3.63) is 58.8 Å². The van der Waals surface area contributed by atoms with E-state index in [1.165, 1.54) is 12.1 Å². The molecule has 0 heterocycles. The molecule has 104 valence electrons. The highest BCUT2D eigenvalue weighted by molar-refractivity contribution is 9.10. The summed E-state index contributed by atoms with van der Waals surface area (Å²) in [6, 6.07) is 13.2. The molecule has 0 aliphatic heterocycles. The number of carbonyl (C=O) groups is 1. The summed E-state index contributed by atoms with van der Waals surface area (Å²) in [6.45, 7) is 1.61. The Morgan fingerprint density at radius 3 is 2.70 bits per heavy atom. The van der Waals surface area contributed by atoms with E-state index < -0.39 is 17.8 Å². The minimum absolute atomic E-state index is 0.141. The number of hydrogen-bond acceptors (Lipinski definition) is 2. The van der Waals surface area contributed by atoms with Gasteiger partial charge in [0, 0.05) is 4.47 Å². The van der Waals surface area contributed by atoms with Gasteiger partial charge in [-0.25, -0.2) is 4.39 Å². The number of para-hydroxylation sites is 1. The molecule has 2 aromatic rings. The quantitative estimate of drug-likeness (QED) is 0.915. The van der Waals surface area contributed by atoms with Crippen LogP contribution in [0.15, 0.2) is 53.0 Å². The van der Waals surface area contributed by atoms with Crippen LogP contribution in [-0.2, 0) is 4.79 Å². The summed E-state index contributed by atoms with van der Waals surface area (Å²) in [7, 11) is 0. The lowest BCUT2D eigenvalue weighted by Crippen LogP contribution is -2.30. The second kappa shape index (κ2) is 6.52. The van der Waals surface area contributed by atoms with Gasteiger partial charge in [-0.2, -0.15) is 0 Å². The lowest BCUT2D eigenvalue weighted by Gasteiger charge is -2.15. The lowest BCUT2D eigenvalue weighted by molar-refractivity contribution is -0.122. The molecule has 1 amide bonds. The molecule has 5 heteroatoms. The summed E-state index contributed by atoms with van der Waals surface area (Å²) in [4.78, 5) is 11.9. The topological polar surface area (TPSA) is 38.3 Å². The third-order valence-electron chi connectivity index (χ3n) is 2.61. The van der Waals surface area contributed by atoms with Crippen molar-refractivity contribution in [3.8, 4) is 5.75 Å². The Bertz CT molecular complexity index is 618. The van der Waals surface area contributed by atoms with Gasteiger partial charge in [0.25, 0.3) is 5.91 Å². The second-order valence-electron chi connectivity index (χ2n) is 4.19. The molecule has 20 heavy (non-hydrogen) atoms. The van der Waals surface area contributed by atoms with Crippen molar-refractivity contribution in [1.82, 2.24) is 0 Å². The van der Waals surface area contributed by atoms with Gasteiger partial charge in [-0.05, 0) is 37.3 Å². The molecule has 0 saturated carbocycles. The maximum Gasteiger partial charge on any atom is 0.265 e. The number of benzene rings is 2. The minimum atomic E-state index is -0.732. The summed E-state index contributed by atoms with van der Waals surface area (Å²) in [5, 5.41) is 2.49. The van der Waals surface area contributed by atoms with Gasteiger partial charge in [-0.15, -0.1) is 0 Å². The maximum atomic E-state index is 13.4. The van der Waals surface area contributed by atoms with E-state index in [9.17, 15) is 9.18 Å². The van der Waals surface area contributed by atoms with Crippen LogP contribution < -0.4 is 10.1 Å². The number of rotatable bonds is 4. The molecule has 0 aliphatic carbocycles. The molecule has 0 radical (unpaired) electrons. The van der Waals surface area contributed by atoms with E-state index in [0.717, 1.165) is 4.47 Å². The Kier molecular flexibility index (Phi) is 4.74. The van der Waals surface area contributed by atoms with Crippen molar-refractivity contribution in [1.29, 1.82) is 0 Å². The molecule has 0 fully saturated rings. The van der Waals surface area contributed by atoms with Gasteiger partial charge in [-0.1, -0.05) is 34.1 Å². The molecule has 0 unspecified atom stereocenters. The van der Waals surface area contributed by atoms with Gasteiger partial charge in [0.1, 0.15) is 11.6 Å². The highest BCUT2D eigenvalue weighted by atomic mass is 79.9. The SMILES string of the molecule is C[C@@H](Oc1cccc(Br)c1)C(=O)Nc1ccccc1F. The number of anilines is 1. The molecule has 0 bridgehead atoms. The highest BCUT2D eigenvalue weighted by Gasteiger charge is 2.16. The first kappa shape index (κ1) is 14.5. The fourth-order valence-corrected chi connectivity index (χ4v) is 1.97. The van der Waals surface area contributed by atoms with Crippen LogP contribution in [0.1, 0.15) is 6.92 Å². The van der Waals surface area contributed by atoms with Crippen molar-refractivity contribution in [3.63, 3.8) is 0 Å². The second-order valence-corrected chi connectivity index (χ2v) is 5.10. The van der Waals surface area contributed by atoms with Crippen molar-refractivity contribution < 1.29 is 13.9 Å². The summed E-state index contributed by atoms with van der Waals surface area (Å²) >= 11 is 3.32. The average molecular weight is 338 g/mol. The van der Waals surface area contributed by atoms with E-state index >= 15 is 0 Å². The van der Waals surface area contributed by atoms with Crippen LogP contribution in [-0.4, -0.2) is 12.0 Å². The van der Waals surface area contributed by atoms with E-state index in [-0.39, 0.29) is 5.69 Å². The normalized spacial score (nSPS) is 11.8. The fraction of sp³-hybridized carbons (Fsp3) is 0.133. The number of hydrogen-bond donors (Lipinski definition) is 1. The van der Waals surface area contributed by atoms with Crippen LogP contribution in [0.2, 0.25) is 0 Å². The van der Waals surface area contributed by atoms with Crippen LogP contribution >= 0.6 is 15.9 Å². The minimum Gasteiger partial charge on any atom is -0.481 e. The Balaban J connectivity index is 2.01. The van der Waals surface area contributed by atoms with Crippen molar-refractivity contribution >= 4 is 27.5 Å². The molecule has 3 nitrogen and oxygen atoms in total. The van der Waals surface area contributed by atoms with E-state index in [0.29, 0.717) is 5.75 Å². The average Bonchev–Trinajstić information content (AvgIpc) is 2.41. The standard InChI is InChI=1S/C15H13BrFNO2/c1-10(20-12-6-4-5-11(16)9-12)15(19)18-14-8-3-2-7-13(14)17/h2-10H,1H3,(H,18,19)/t10-/m1/s1. The summed E-state index contributed by atoms with van der Waals surface area (Å²) in [6.07, 6.45) is -0.732. The zero-order valence-electron chi connectivity index (χ0n) is 10.8. The first-order valence-electron chi connectivity index (χ1n) is 6.04. The van der Waals surface area contributed by atoms with E-state index in [2.05, 4.69) is 21.2 Å². The molecule has 2 aromatic carbocycles. The molecule has 0 spiro atoms. The van der Waals surface area contributed by atoms with Gasteiger partial charge < -0.3 is 10.1 Å². The molecule has 1 atom stereocenters. The highest BCUT2D eigenvalue weighted by Crippen LogP contribution is 2.19. The zero-order chi connectivity index (χ0) is 14.5. The third kappa shape index (κ3) is 3.81. The number of halogens is 2. The monoisotopic (exact) mass is 337 g/mol. The number of carbonyl (C=O) groups excluding carboxylic acids is 1. The van der Waals surface area contributed by atoms with Crippen LogP contribution in [0.4, 0.5) is 10.1 Å². The van der Waals surface area contributed by atoms with Crippen molar-refractivity contribution in [2.45, 2.75) is 13.0 Å². The zero-order valence-corrected chi connectivity index (χ0v) is 12.4. The molecular formula is C15H13BrFNO2. The van der Waals surface area contributed by atoms with Crippen molar-refractivity contribution in [2.24, 2.45) is 0 Å². The largest absolute Gasteiger partial charge is 0.481 e. The fourth-order valence-electron chi connectivity index (χ4n) is 1.59. The predicted octanol–water partition coefficient (Wildman–Crippen LogP) is 3.99.